The molecule has 0 N–H and O–H groups in total. The molecule has 108 valence electrons. The second kappa shape index (κ2) is 6.98. The van der Waals surface area contributed by atoms with Gasteiger partial charge in [-0.1, -0.05) is 30.3 Å². The molecule has 0 aromatic heterocycles. The maximum atomic E-state index is 12.1. The number of hydrogen-bond acceptors (Lipinski definition) is 3. The molecule has 1 aromatic carbocycles. The smallest absolute Gasteiger partial charge is 0.410 e. The highest BCUT2D eigenvalue weighted by Gasteiger charge is 2.26. The van der Waals surface area contributed by atoms with Crippen molar-refractivity contribution in [2.24, 2.45) is 0 Å². The molecule has 0 spiro atoms. The SMILES string of the molecule is CO/C=C1/CCN(C(=O)OCc2ccccc2)C(C)C1. The molecular formula is C16H21NO3. The van der Waals surface area contributed by atoms with Gasteiger partial charge in [0.15, 0.2) is 0 Å². The number of carbonyl (C=O) groups is 1. The topological polar surface area (TPSA) is 38.8 Å². The summed E-state index contributed by atoms with van der Waals surface area (Å²) in [5, 5.41) is 0. The van der Waals surface area contributed by atoms with Crippen LogP contribution in [0.4, 0.5) is 4.79 Å². The number of amides is 1. The van der Waals surface area contributed by atoms with Crippen LogP contribution < -0.4 is 0 Å². The van der Waals surface area contributed by atoms with Gasteiger partial charge in [0, 0.05) is 12.6 Å². The molecule has 4 heteroatoms. The minimum atomic E-state index is -0.238. The van der Waals surface area contributed by atoms with Crippen LogP contribution >= 0.6 is 0 Å². The third-order valence-electron chi connectivity index (χ3n) is 3.49. The van der Waals surface area contributed by atoms with E-state index in [1.165, 1.54) is 5.57 Å². The van der Waals surface area contributed by atoms with Gasteiger partial charge in [-0.3, -0.25) is 0 Å². The number of piperidine rings is 1. The van der Waals surface area contributed by atoms with Crippen molar-refractivity contribution in [3.05, 3.63) is 47.7 Å². The molecule has 1 aromatic rings. The number of nitrogens with zero attached hydrogens (tertiary/aromatic N) is 1. The number of methoxy groups -OCH3 is 1. The van der Waals surface area contributed by atoms with Gasteiger partial charge < -0.3 is 14.4 Å². The van der Waals surface area contributed by atoms with Gasteiger partial charge in [0.1, 0.15) is 6.61 Å². The Kier molecular flexibility index (Phi) is 5.04. The molecule has 1 fully saturated rings. The molecule has 1 aliphatic rings. The van der Waals surface area contributed by atoms with E-state index >= 15 is 0 Å². The molecule has 20 heavy (non-hydrogen) atoms. The Hall–Kier alpha value is -1.97. The van der Waals surface area contributed by atoms with E-state index in [9.17, 15) is 4.79 Å². The summed E-state index contributed by atoms with van der Waals surface area (Å²) in [5.41, 5.74) is 2.25. The van der Waals surface area contributed by atoms with Crippen LogP contribution in [0.5, 0.6) is 0 Å². The lowest BCUT2D eigenvalue weighted by Crippen LogP contribution is -2.43. The summed E-state index contributed by atoms with van der Waals surface area (Å²) in [6, 6.07) is 9.87. The van der Waals surface area contributed by atoms with Gasteiger partial charge in [-0.2, -0.15) is 0 Å². The lowest BCUT2D eigenvalue weighted by Gasteiger charge is -2.33. The van der Waals surface area contributed by atoms with Gasteiger partial charge in [0.2, 0.25) is 0 Å². The normalized spacial score (nSPS) is 20.8. The fourth-order valence-corrected chi connectivity index (χ4v) is 2.42. The predicted molar refractivity (Wildman–Crippen MR) is 77.1 cm³/mol. The fourth-order valence-electron chi connectivity index (χ4n) is 2.42. The molecule has 1 unspecified atom stereocenters. The van der Waals surface area contributed by atoms with Crippen LogP contribution in [-0.4, -0.2) is 30.7 Å². The van der Waals surface area contributed by atoms with E-state index in [4.69, 9.17) is 9.47 Å². The van der Waals surface area contributed by atoms with E-state index in [0.717, 1.165) is 18.4 Å². The van der Waals surface area contributed by atoms with Gasteiger partial charge in [-0.25, -0.2) is 4.79 Å². The van der Waals surface area contributed by atoms with Crippen LogP contribution in [0.25, 0.3) is 0 Å². The molecule has 0 aliphatic carbocycles. The zero-order valence-electron chi connectivity index (χ0n) is 12.0. The first-order valence-corrected chi connectivity index (χ1v) is 6.88. The zero-order chi connectivity index (χ0) is 14.4. The predicted octanol–water partition coefficient (Wildman–Crippen LogP) is 3.34. The van der Waals surface area contributed by atoms with E-state index in [2.05, 4.69) is 0 Å². The number of carbonyl (C=O) groups excluding carboxylic acids is 1. The molecule has 0 bridgehead atoms. The zero-order valence-corrected chi connectivity index (χ0v) is 12.0. The van der Waals surface area contributed by atoms with Crippen LogP contribution in [0, 0.1) is 0 Å². The minimum absolute atomic E-state index is 0.147. The highest BCUT2D eigenvalue weighted by molar-refractivity contribution is 5.68. The summed E-state index contributed by atoms with van der Waals surface area (Å²) in [4.78, 5) is 13.9. The van der Waals surface area contributed by atoms with Crippen LogP contribution in [-0.2, 0) is 16.1 Å². The van der Waals surface area contributed by atoms with Gasteiger partial charge in [0.25, 0.3) is 0 Å². The number of ether oxygens (including phenoxy) is 2. The molecule has 1 amide bonds. The van der Waals surface area contributed by atoms with Crippen LogP contribution in [0.15, 0.2) is 42.2 Å². The molecule has 2 rings (SSSR count). The van der Waals surface area contributed by atoms with E-state index in [0.29, 0.717) is 13.2 Å². The monoisotopic (exact) mass is 275 g/mol. The van der Waals surface area contributed by atoms with Gasteiger partial charge in [-0.05, 0) is 30.9 Å². The van der Waals surface area contributed by atoms with Crippen LogP contribution in [0.3, 0.4) is 0 Å². The lowest BCUT2D eigenvalue weighted by atomic mass is 9.99. The Morgan fingerprint density at radius 2 is 2.15 bits per heavy atom. The van der Waals surface area contributed by atoms with Crippen molar-refractivity contribution in [3.63, 3.8) is 0 Å². The summed E-state index contributed by atoms with van der Waals surface area (Å²) in [7, 11) is 1.65. The molecule has 1 heterocycles. The summed E-state index contributed by atoms with van der Waals surface area (Å²) in [5.74, 6) is 0. The fraction of sp³-hybridized carbons (Fsp3) is 0.438. The molecule has 1 atom stereocenters. The number of likely N-dealkylation sites (tertiary alicyclic amines) is 1. The Bertz CT molecular complexity index is 470. The van der Waals surface area contributed by atoms with Crippen molar-refractivity contribution in [2.75, 3.05) is 13.7 Å². The summed E-state index contributed by atoms with van der Waals surface area (Å²) >= 11 is 0. The van der Waals surface area contributed by atoms with Crippen molar-refractivity contribution < 1.29 is 14.3 Å². The molecule has 1 saturated heterocycles. The number of hydrogen-bond donors (Lipinski definition) is 0. The Morgan fingerprint density at radius 1 is 1.40 bits per heavy atom. The summed E-state index contributed by atoms with van der Waals surface area (Å²) < 4.78 is 10.4. The van der Waals surface area contributed by atoms with E-state index < -0.39 is 0 Å². The lowest BCUT2D eigenvalue weighted by molar-refractivity contribution is 0.0779. The van der Waals surface area contributed by atoms with Crippen LogP contribution in [0.2, 0.25) is 0 Å². The van der Waals surface area contributed by atoms with E-state index in [1.807, 2.05) is 37.3 Å². The average molecular weight is 275 g/mol. The standard InChI is InChI=1S/C16H21NO3/c1-13-10-15(11-19-2)8-9-17(13)16(18)20-12-14-6-4-3-5-7-14/h3-7,11,13H,8-10,12H2,1-2H3/b15-11-. The van der Waals surface area contributed by atoms with Gasteiger partial charge >= 0.3 is 6.09 Å². The Balaban J connectivity index is 1.86. The Labute approximate surface area is 120 Å². The second-order valence-corrected chi connectivity index (χ2v) is 5.05. The number of benzene rings is 1. The minimum Gasteiger partial charge on any atom is -0.504 e. The average Bonchev–Trinajstić information content (AvgIpc) is 2.46. The number of rotatable bonds is 3. The molecule has 4 nitrogen and oxygen atoms in total. The second-order valence-electron chi connectivity index (χ2n) is 5.05. The van der Waals surface area contributed by atoms with Crippen molar-refractivity contribution in [3.8, 4) is 0 Å². The molecule has 0 saturated carbocycles. The Morgan fingerprint density at radius 3 is 2.80 bits per heavy atom. The third kappa shape index (κ3) is 3.76. The first-order chi connectivity index (χ1) is 9.70. The summed E-state index contributed by atoms with van der Waals surface area (Å²) in [6.07, 6.45) is 3.23. The van der Waals surface area contributed by atoms with Crippen molar-refractivity contribution >= 4 is 6.09 Å². The molecular weight excluding hydrogens is 254 g/mol. The quantitative estimate of drug-likeness (QED) is 0.794. The maximum absolute atomic E-state index is 12.1. The molecule has 0 radical (unpaired) electrons. The van der Waals surface area contributed by atoms with Gasteiger partial charge in [0.05, 0.1) is 13.4 Å². The highest BCUT2D eigenvalue weighted by atomic mass is 16.6. The van der Waals surface area contributed by atoms with E-state index in [-0.39, 0.29) is 12.1 Å². The summed E-state index contributed by atoms with van der Waals surface area (Å²) in [6.45, 7) is 3.04. The van der Waals surface area contributed by atoms with Crippen molar-refractivity contribution in [1.82, 2.24) is 4.90 Å². The van der Waals surface area contributed by atoms with Crippen LogP contribution in [0.1, 0.15) is 25.3 Å². The van der Waals surface area contributed by atoms with E-state index in [1.54, 1.807) is 18.3 Å². The van der Waals surface area contributed by atoms with Gasteiger partial charge in [-0.15, -0.1) is 0 Å². The first-order valence-electron chi connectivity index (χ1n) is 6.88. The van der Waals surface area contributed by atoms with Crippen molar-refractivity contribution in [2.45, 2.75) is 32.4 Å². The first kappa shape index (κ1) is 14.4. The third-order valence-corrected chi connectivity index (χ3v) is 3.49. The maximum Gasteiger partial charge on any atom is 0.410 e. The van der Waals surface area contributed by atoms with Crippen molar-refractivity contribution in [1.29, 1.82) is 0 Å². The molecule has 1 aliphatic heterocycles. The highest BCUT2D eigenvalue weighted by Crippen LogP contribution is 2.22. The largest absolute Gasteiger partial charge is 0.504 e.